The van der Waals surface area contributed by atoms with Gasteiger partial charge in [-0.2, -0.15) is 0 Å². The smallest absolute Gasteiger partial charge is 0.315 e. The van der Waals surface area contributed by atoms with Crippen LogP contribution >= 0.6 is 0 Å². The van der Waals surface area contributed by atoms with Crippen LogP contribution in [0.15, 0.2) is 54.6 Å². The lowest BCUT2D eigenvalue weighted by Crippen LogP contribution is -2.51. The summed E-state index contributed by atoms with van der Waals surface area (Å²) in [7, 11) is 0. The summed E-state index contributed by atoms with van der Waals surface area (Å²) in [6.07, 6.45) is 3.09. The van der Waals surface area contributed by atoms with E-state index in [2.05, 4.69) is 48.0 Å². The van der Waals surface area contributed by atoms with Gasteiger partial charge in [-0.25, -0.2) is 4.79 Å². The molecule has 2 aromatic rings. The third-order valence-corrected chi connectivity index (χ3v) is 6.46. The summed E-state index contributed by atoms with van der Waals surface area (Å²) in [5, 5.41) is 9.26. The number of benzene rings is 2. The van der Waals surface area contributed by atoms with Crippen molar-refractivity contribution >= 4 is 11.9 Å². The second-order valence-electron chi connectivity index (χ2n) is 8.89. The molecule has 152 valence electrons. The van der Waals surface area contributed by atoms with Gasteiger partial charge < -0.3 is 16.0 Å². The lowest BCUT2D eigenvalue weighted by atomic mass is 9.71. The van der Waals surface area contributed by atoms with Crippen LogP contribution in [-0.2, 0) is 15.7 Å². The zero-order chi connectivity index (χ0) is 20.5. The fourth-order valence-electron chi connectivity index (χ4n) is 4.73. The summed E-state index contributed by atoms with van der Waals surface area (Å²) in [6.45, 7) is 4.89. The van der Waals surface area contributed by atoms with Crippen molar-refractivity contribution in [2.75, 3.05) is 6.54 Å². The summed E-state index contributed by atoms with van der Waals surface area (Å²) < 4.78 is 0. The molecule has 0 spiro atoms. The topological polar surface area (TPSA) is 70.2 Å². The number of rotatable bonds is 4. The SMILES string of the molecule is CC1(C)CCC(NC(=O)NCC2(c3ccccc3)CCC(=O)N2)c2ccccc21. The van der Waals surface area contributed by atoms with E-state index in [1.807, 2.05) is 36.4 Å². The van der Waals surface area contributed by atoms with E-state index >= 15 is 0 Å². The maximum Gasteiger partial charge on any atom is 0.315 e. The van der Waals surface area contributed by atoms with Crippen molar-refractivity contribution in [3.8, 4) is 0 Å². The highest BCUT2D eigenvalue weighted by atomic mass is 16.2. The molecule has 2 atom stereocenters. The molecule has 1 aliphatic heterocycles. The first-order chi connectivity index (χ1) is 13.9. The van der Waals surface area contributed by atoms with Gasteiger partial charge in [0.1, 0.15) is 0 Å². The van der Waals surface area contributed by atoms with Crippen LogP contribution in [0, 0.1) is 0 Å². The van der Waals surface area contributed by atoms with E-state index in [-0.39, 0.29) is 23.4 Å². The number of nitrogens with one attached hydrogen (secondary N) is 3. The van der Waals surface area contributed by atoms with Crippen molar-refractivity contribution in [1.82, 2.24) is 16.0 Å². The Bertz CT molecular complexity index is 909. The van der Waals surface area contributed by atoms with E-state index in [4.69, 9.17) is 0 Å². The van der Waals surface area contributed by atoms with Crippen LogP contribution < -0.4 is 16.0 Å². The van der Waals surface area contributed by atoms with E-state index in [0.29, 0.717) is 19.4 Å². The van der Waals surface area contributed by atoms with Crippen molar-refractivity contribution in [1.29, 1.82) is 0 Å². The van der Waals surface area contributed by atoms with Crippen LogP contribution in [0.1, 0.15) is 62.3 Å². The Morgan fingerprint density at radius 2 is 1.79 bits per heavy atom. The Morgan fingerprint density at radius 3 is 2.52 bits per heavy atom. The zero-order valence-corrected chi connectivity index (χ0v) is 17.1. The molecule has 1 aliphatic carbocycles. The highest BCUT2D eigenvalue weighted by molar-refractivity contribution is 5.80. The average Bonchev–Trinajstić information content (AvgIpc) is 3.12. The van der Waals surface area contributed by atoms with Gasteiger partial charge >= 0.3 is 6.03 Å². The van der Waals surface area contributed by atoms with E-state index in [9.17, 15) is 9.59 Å². The van der Waals surface area contributed by atoms with Crippen molar-refractivity contribution in [3.63, 3.8) is 0 Å². The molecule has 5 heteroatoms. The number of urea groups is 1. The van der Waals surface area contributed by atoms with Gasteiger partial charge in [-0.3, -0.25) is 4.79 Å². The van der Waals surface area contributed by atoms with E-state index in [1.54, 1.807) is 0 Å². The third kappa shape index (κ3) is 3.86. The lowest BCUT2D eigenvalue weighted by Gasteiger charge is -2.37. The molecule has 0 radical (unpaired) electrons. The van der Waals surface area contributed by atoms with Crippen LogP contribution in [0.25, 0.3) is 0 Å². The van der Waals surface area contributed by atoms with E-state index < -0.39 is 5.54 Å². The van der Waals surface area contributed by atoms with Crippen LogP contribution in [0.2, 0.25) is 0 Å². The molecular weight excluding hydrogens is 362 g/mol. The average molecular weight is 392 g/mol. The molecule has 4 rings (SSSR count). The fourth-order valence-corrected chi connectivity index (χ4v) is 4.73. The van der Waals surface area contributed by atoms with Gasteiger partial charge in [0.25, 0.3) is 0 Å². The number of hydrogen-bond acceptors (Lipinski definition) is 2. The molecule has 29 heavy (non-hydrogen) atoms. The number of carbonyl (C=O) groups is 2. The molecule has 1 heterocycles. The molecule has 2 aromatic carbocycles. The van der Waals surface area contributed by atoms with E-state index in [0.717, 1.165) is 18.4 Å². The molecule has 0 saturated carbocycles. The summed E-state index contributed by atoms with van der Waals surface area (Å²) >= 11 is 0. The van der Waals surface area contributed by atoms with Crippen LogP contribution in [-0.4, -0.2) is 18.5 Å². The first kappa shape index (κ1) is 19.5. The quantitative estimate of drug-likeness (QED) is 0.740. The Labute approximate surface area is 172 Å². The Kier molecular flexibility index (Phi) is 5.07. The van der Waals surface area contributed by atoms with E-state index in [1.165, 1.54) is 11.1 Å². The minimum Gasteiger partial charge on any atom is -0.345 e. The van der Waals surface area contributed by atoms with Gasteiger partial charge in [0.2, 0.25) is 5.91 Å². The lowest BCUT2D eigenvalue weighted by molar-refractivity contribution is -0.119. The fraction of sp³-hybridized carbons (Fsp3) is 0.417. The van der Waals surface area contributed by atoms with Crippen molar-refractivity contribution in [3.05, 3.63) is 71.3 Å². The first-order valence-corrected chi connectivity index (χ1v) is 10.4. The summed E-state index contributed by atoms with van der Waals surface area (Å²) in [4.78, 5) is 24.7. The number of amides is 3. The van der Waals surface area contributed by atoms with Crippen LogP contribution in [0.3, 0.4) is 0 Å². The molecule has 1 saturated heterocycles. The maximum absolute atomic E-state index is 12.8. The van der Waals surface area contributed by atoms with Gasteiger partial charge in [0.15, 0.2) is 0 Å². The van der Waals surface area contributed by atoms with Gasteiger partial charge in [0.05, 0.1) is 11.6 Å². The Hall–Kier alpha value is -2.82. The van der Waals surface area contributed by atoms with Crippen molar-refractivity contribution in [2.24, 2.45) is 0 Å². The predicted octanol–water partition coefficient (Wildman–Crippen LogP) is 3.90. The minimum atomic E-state index is -0.540. The largest absolute Gasteiger partial charge is 0.345 e. The third-order valence-electron chi connectivity index (χ3n) is 6.46. The Morgan fingerprint density at radius 1 is 1.07 bits per heavy atom. The molecular formula is C24H29N3O2. The second-order valence-corrected chi connectivity index (χ2v) is 8.89. The molecule has 2 unspecified atom stereocenters. The van der Waals surface area contributed by atoms with Gasteiger partial charge in [-0.1, -0.05) is 68.4 Å². The standard InChI is InChI=1S/C24H29N3O2/c1-23(2)14-12-20(18-10-6-7-11-19(18)23)26-22(29)25-16-24(15-13-21(28)27-24)17-8-4-3-5-9-17/h3-11,20H,12-16H2,1-2H3,(H,27,28)(H2,25,26,29). The number of fused-ring (bicyclic) bond motifs is 1. The summed E-state index contributed by atoms with van der Waals surface area (Å²) in [5.41, 5.74) is 3.11. The predicted molar refractivity (Wildman–Crippen MR) is 113 cm³/mol. The molecule has 3 amide bonds. The molecule has 1 fully saturated rings. The number of carbonyl (C=O) groups excluding carboxylic acids is 2. The molecule has 0 aromatic heterocycles. The number of hydrogen-bond donors (Lipinski definition) is 3. The molecule has 3 N–H and O–H groups in total. The van der Waals surface area contributed by atoms with Gasteiger partial charge in [-0.05, 0) is 41.4 Å². The summed E-state index contributed by atoms with van der Waals surface area (Å²) in [5.74, 6) is 0.0273. The molecule has 2 aliphatic rings. The summed E-state index contributed by atoms with van der Waals surface area (Å²) in [6, 6.07) is 18.1. The second kappa shape index (κ2) is 7.54. The normalized spacial score (nSPS) is 25.0. The zero-order valence-electron chi connectivity index (χ0n) is 17.1. The monoisotopic (exact) mass is 391 g/mol. The van der Waals surface area contributed by atoms with Crippen LogP contribution in [0.5, 0.6) is 0 Å². The molecule has 5 nitrogen and oxygen atoms in total. The maximum atomic E-state index is 12.8. The van der Waals surface area contributed by atoms with Crippen LogP contribution in [0.4, 0.5) is 4.79 Å². The highest BCUT2D eigenvalue weighted by Crippen LogP contribution is 2.41. The Balaban J connectivity index is 1.46. The van der Waals surface area contributed by atoms with Crippen molar-refractivity contribution < 1.29 is 9.59 Å². The first-order valence-electron chi connectivity index (χ1n) is 10.4. The molecule has 0 bridgehead atoms. The van der Waals surface area contributed by atoms with Gasteiger partial charge in [0, 0.05) is 13.0 Å². The minimum absolute atomic E-state index is 0.00469. The highest BCUT2D eigenvalue weighted by Gasteiger charge is 2.40. The van der Waals surface area contributed by atoms with Gasteiger partial charge in [-0.15, -0.1) is 0 Å². The van der Waals surface area contributed by atoms with Crippen molar-refractivity contribution in [2.45, 2.75) is 56.5 Å².